The van der Waals surface area contributed by atoms with E-state index in [4.69, 9.17) is 38.4 Å². The van der Waals surface area contributed by atoms with Gasteiger partial charge in [-0.2, -0.15) is 15.2 Å². The minimum atomic E-state index is -0.642. The summed E-state index contributed by atoms with van der Waals surface area (Å²) in [5, 5.41) is 12.1. The van der Waals surface area contributed by atoms with Crippen LogP contribution in [0.25, 0.3) is 10.8 Å². The number of hydrogen-bond acceptors (Lipinski definition) is 14. The number of amides is 1. The third-order valence-corrected chi connectivity index (χ3v) is 10.4. The fourth-order valence-electron chi connectivity index (χ4n) is 7.66. The quantitative estimate of drug-likeness (QED) is 0.147. The number of likely N-dealkylation sites (N-methyl/N-ethyl adjacent to an activating group) is 1. The number of nitrogens with zero attached hydrogens (tertiary/aromatic N) is 7. The van der Waals surface area contributed by atoms with Gasteiger partial charge in [-0.1, -0.05) is 36.4 Å². The van der Waals surface area contributed by atoms with Crippen molar-refractivity contribution in [2.75, 3.05) is 95.8 Å². The minimum Gasteiger partial charge on any atom is -0.464 e. The Bertz CT molecular complexity index is 1860. The number of nitriles is 1. The lowest BCUT2D eigenvalue weighted by molar-refractivity contribution is -0.149. The average Bonchev–Trinajstić information content (AvgIpc) is 3.55. The summed E-state index contributed by atoms with van der Waals surface area (Å²) in [5.41, 5.74) is 2.50. The van der Waals surface area contributed by atoms with Crippen LogP contribution >= 0.6 is 0 Å². The summed E-state index contributed by atoms with van der Waals surface area (Å²) < 4.78 is 34.0. The molecule has 0 radical (unpaired) electrons. The van der Waals surface area contributed by atoms with Crippen LogP contribution in [0.1, 0.15) is 51.8 Å². The van der Waals surface area contributed by atoms with Crippen LogP contribution in [0.3, 0.4) is 0 Å². The van der Waals surface area contributed by atoms with Crippen molar-refractivity contribution < 1.29 is 38.0 Å². The molecule has 1 amide bonds. The number of benzene rings is 2. The van der Waals surface area contributed by atoms with Crippen LogP contribution in [0.4, 0.5) is 16.3 Å². The van der Waals surface area contributed by atoms with E-state index in [0.29, 0.717) is 71.8 Å². The monoisotopic (exact) mass is 787 g/mol. The molecule has 0 aliphatic carbocycles. The molecule has 57 heavy (non-hydrogen) atoms. The first-order valence-electron chi connectivity index (χ1n) is 20.0. The molecule has 2 aromatic carbocycles. The predicted octanol–water partition coefficient (Wildman–Crippen LogP) is 4.60. The molecule has 0 saturated carbocycles. The summed E-state index contributed by atoms with van der Waals surface area (Å²) in [5.74, 6) is 0.416. The van der Waals surface area contributed by atoms with Gasteiger partial charge in [-0.15, -0.1) is 0 Å². The van der Waals surface area contributed by atoms with Crippen LogP contribution < -0.4 is 14.5 Å². The van der Waals surface area contributed by atoms with E-state index >= 15 is 0 Å². The van der Waals surface area contributed by atoms with Crippen molar-refractivity contribution in [1.82, 2.24) is 19.8 Å². The van der Waals surface area contributed by atoms with E-state index in [1.807, 2.05) is 20.8 Å². The normalized spacial score (nSPS) is 20.0. The second kappa shape index (κ2) is 19.6. The summed E-state index contributed by atoms with van der Waals surface area (Å²) in [4.78, 5) is 43.1. The predicted molar refractivity (Wildman–Crippen MR) is 214 cm³/mol. The van der Waals surface area contributed by atoms with Crippen LogP contribution in [-0.4, -0.2) is 142 Å². The van der Waals surface area contributed by atoms with E-state index in [9.17, 15) is 14.9 Å². The molecular formula is C42H57N7O8. The Labute approximate surface area is 335 Å². The third kappa shape index (κ3) is 11.2. The number of carbonyl (C=O) groups excluding carboxylic acids is 2. The van der Waals surface area contributed by atoms with E-state index in [-0.39, 0.29) is 37.2 Å². The second-order valence-corrected chi connectivity index (χ2v) is 15.7. The van der Waals surface area contributed by atoms with E-state index < -0.39 is 11.7 Å². The lowest BCUT2D eigenvalue weighted by Crippen LogP contribution is -2.56. The van der Waals surface area contributed by atoms with Gasteiger partial charge in [0.15, 0.2) is 0 Å². The summed E-state index contributed by atoms with van der Waals surface area (Å²) >= 11 is 0. The zero-order valence-corrected chi connectivity index (χ0v) is 34.0. The number of aromatic nitrogens is 2. The summed E-state index contributed by atoms with van der Waals surface area (Å²) in [6.45, 7) is 13.0. The van der Waals surface area contributed by atoms with Crippen LogP contribution in [-0.2, 0) is 41.4 Å². The van der Waals surface area contributed by atoms with E-state index in [1.165, 1.54) is 10.8 Å². The van der Waals surface area contributed by atoms with Crippen molar-refractivity contribution >= 4 is 34.3 Å². The molecule has 308 valence electrons. The van der Waals surface area contributed by atoms with Crippen molar-refractivity contribution in [3.8, 4) is 12.1 Å². The Morgan fingerprint density at radius 1 is 0.930 bits per heavy atom. The number of likely N-dealkylation sites (tertiary alicyclic amines) is 1. The maximum atomic E-state index is 13.2. The Kier molecular flexibility index (Phi) is 14.4. The number of esters is 1. The zero-order chi connectivity index (χ0) is 40.4. The topological polar surface area (TPSA) is 152 Å². The fourth-order valence-corrected chi connectivity index (χ4v) is 7.66. The molecule has 2 saturated heterocycles. The van der Waals surface area contributed by atoms with Gasteiger partial charge in [0.1, 0.15) is 24.6 Å². The molecule has 15 nitrogen and oxygen atoms in total. The van der Waals surface area contributed by atoms with Gasteiger partial charge in [0.05, 0.1) is 69.9 Å². The molecule has 1 aromatic heterocycles. The van der Waals surface area contributed by atoms with Gasteiger partial charge in [0, 0.05) is 55.4 Å². The molecule has 3 atom stereocenters. The number of ether oxygens (including phenoxy) is 6. The molecule has 3 aliphatic rings. The lowest BCUT2D eigenvalue weighted by atomic mass is 10.0. The first-order valence-corrected chi connectivity index (χ1v) is 20.0. The van der Waals surface area contributed by atoms with E-state index in [2.05, 4.69) is 70.3 Å². The minimum absolute atomic E-state index is 0.0277. The van der Waals surface area contributed by atoms with Gasteiger partial charge in [0.2, 0.25) is 0 Å². The highest BCUT2D eigenvalue weighted by Crippen LogP contribution is 2.35. The zero-order valence-electron chi connectivity index (χ0n) is 34.0. The van der Waals surface area contributed by atoms with Crippen molar-refractivity contribution in [2.45, 2.75) is 77.3 Å². The largest absolute Gasteiger partial charge is 0.464 e. The molecular weight excluding hydrogens is 731 g/mol. The number of carbonyl (C=O) groups is 2. The standard InChI is InChI=1S/C42H57N7O8/c1-6-54-38(50)29-53-21-20-52-22-23-55-33-24-32(46(5)26-33)28-56-40-44-36-27-47(37-13-9-11-30-10-7-8-12-34(30)37)17-15-35(36)39(45-40)48-18-19-49(31(25-48)14-16-43)41(51)57-42(2,3)4/h7-13,31-33H,6,14-15,17-29H2,1-5H3/t31-,32-,33+/m0/s1. The summed E-state index contributed by atoms with van der Waals surface area (Å²) in [6, 6.07) is 17.2. The van der Waals surface area contributed by atoms with Crippen LogP contribution in [0.2, 0.25) is 0 Å². The maximum Gasteiger partial charge on any atom is 0.410 e. The smallest absolute Gasteiger partial charge is 0.410 e. The fraction of sp³-hybridized carbons (Fsp3) is 0.595. The first kappa shape index (κ1) is 41.9. The number of rotatable bonds is 16. The molecule has 0 bridgehead atoms. The van der Waals surface area contributed by atoms with E-state index in [0.717, 1.165) is 48.7 Å². The molecule has 6 rings (SSSR count). The highest BCUT2D eigenvalue weighted by atomic mass is 16.6. The molecule has 15 heteroatoms. The van der Waals surface area contributed by atoms with Gasteiger partial charge >= 0.3 is 18.1 Å². The average molecular weight is 788 g/mol. The van der Waals surface area contributed by atoms with Crippen LogP contribution in [0.15, 0.2) is 42.5 Å². The van der Waals surface area contributed by atoms with Gasteiger partial charge in [-0.25, -0.2) is 9.59 Å². The Balaban J connectivity index is 1.13. The number of fused-ring (bicyclic) bond motifs is 2. The maximum absolute atomic E-state index is 13.2. The number of hydrogen-bond donors (Lipinski definition) is 0. The SMILES string of the molecule is CCOC(=O)COCCOCCO[C@@H]1C[C@@H](COc2nc3c(c(N4CCN(C(=O)OC(C)(C)C)[C@@H](CC#N)C4)n2)CCN(c2cccc4ccccc24)C3)N(C)C1. The molecule has 2 fully saturated rings. The van der Waals surface area contributed by atoms with Crippen LogP contribution in [0.5, 0.6) is 6.01 Å². The molecule has 0 unspecified atom stereocenters. The van der Waals surface area contributed by atoms with Crippen molar-refractivity contribution in [3.05, 3.63) is 53.7 Å². The number of piperazine rings is 1. The molecule has 0 N–H and O–H groups in total. The highest BCUT2D eigenvalue weighted by molar-refractivity contribution is 5.94. The van der Waals surface area contributed by atoms with Crippen molar-refractivity contribution in [1.29, 1.82) is 5.26 Å². The lowest BCUT2D eigenvalue weighted by Gasteiger charge is -2.42. The number of anilines is 2. The van der Waals surface area contributed by atoms with Crippen LogP contribution in [0, 0.1) is 11.3 Å². The highest BCUT2D eigenvalue weighted by Gasteiger charge is 2.36. The summed E-state index contributed by atoms with van der Waals surface area (Å²) in [7, 11) is 2.06. The van der Waals surface area contributed by atoms with Gasteiger partial charge in [-0.05, 0) is 59.0 Å². The third-order valence-electron chi connectivity index (χ3n) is 10.4. The van der Waals surface area contributed by atoms with E-state index in [1.54, 1.807) is 11.8 Å². The summed E-state index contributed by atoms with van der Waals surface area (Å²) in [6.07, 6.45) is 1.32. The Hall–Kier alpha value is -4.75. The van der Waals surface area contributed by atoms with Gasteiger partial charge in [-0.3, -0.25) is 4.90 Å². The van der Waals surface area contributed by atoms with Crippen molar-refractivity contribution in [3.63, 3.8) is 0 Å². The molecule has 3 aromatic rings. The molecule has 0 spiro atoms. The van der Waals surface area contributed by atoms with Crippen molar-refractivity contribution in [2.24, 2.45) is 0 Å². The van der Waals surface area contributed by atoms with Gasteiger partial charge in [0.25, 0.3) is 0 Å². The second-order valence-electron chi connectivity index (χ2n) is 15.7. The molecule has 4 heterocycles. The molecule has 3 aliphatic heterocycles. The Morgan fingerprint density at radius 3 is 2.53 bits per heavy atom. The first-order chi connectivity index (χ1) is 27.5. The van der Waals surface area contributed by atoms with Gasteiger partial charge < -0.3 is 43.1 Å². The Morgan fingerprint density at radius 2 is 1.72 bits per heavy atom.